The third-order valence-electron chi connectivity index (χ3n) is 12.8. The van der Waals surface area contributed by atoms with Gasteiger partial charge in [-0.15, -0.1) is 0 Å². The molecule has 4 fully saturated rings. The van der Waals surface area contributed by atoms with E-state index in [1.807, 2.05) is 0 Å². The molecule has 0 heterocycles. The summed E-state index contributed by atoms with van der Waals surface area (Å²) < 4.78 is 19.2. The molecule has 230 valence electrons. The van der Waals surface area contributed by atoms with Crippen molar-refractivity contribution in [1.29, 1.82) is 0 Å². The highest BCUT2D eigenvalue weighted by Crippen LogP contribution is 2.69. The Labute approximate surface area is 249 Å². The van der Waals surface area contributed by atoms with Gasteiger partial charge in [0, 0.05) is 18.3 Å². The third-order valence-corrected chi connectivity index (χ3v) is 18.4. The highest BCUT2D eigenvalue weighted by molar-refractivity contribution is 6.74. The number of hydrogen-bond acceptors (Lipinski definition) is 4. The fourth-order valence-electron chi connectivity index (χ4n) is 9.77. The van der Waals surface area contributed by atoms with Gasteiger partial charge >= 0.3 is 5.97 Å². The highest BCUT2D eigenvalue weighted by Gasteiger charge is 2.63. The molecule has 4 saturated carbocycles. The molecule has 40 heavy (non-hydrogen) atoms. The van der Waals surface area contributed by atoms with Crippen LogP contribution in [0.2, 0.25) is 37.8 Å². The quantitative estimate of drug-likeness (QED) is 0.168. The van der Waals surface area contributed by atoms with Crippen molar-refractivity contribution in [2.45, 2.75) is 143 Å². The van der Waals surface area contributed by atoms with Crippen molar-refractivity contribution in [2.75, 3.05) is 7.11 Å². The smallest absolute Gasteiger partial charge is 0.330 e. The first-order valence-electron chi connectivity index (χ1n) is 16.4. The van der Waals surface area contributed by atoms with Gasteiger partial charge in [-0.05, 0) is 135 Å². The topological polar surface area (TPSA) is 44.8 Å². The summed E-state index contributed by atoms with van der Waals surface area (Å²) in [6.45, 7) is 26.7. The molecule has 2 unspecified atom stereocenters. The van der Waals surface area contributed by atoms with Gasteiger partial charge in [0.1, 0.15) is 0 Å². The Morgan fingerprint density at radius 3 is 2.12 bits per heavy atom. The molecule has 6 heteroatoms. The van der Waals surface area contributed by atoms with E-state index < -0.39 is 16.6 Å². The molecule has 0 radical (unpaired) electrons. The Kier molecular flexibility index (Phi) is 9.13. The van der Waals surface area contributed by atoms with E-state index in [0.717, 1.165) is 5.92 Å². The summed E-state index contributed by atoms with van der Waals surface area (Å²) in [6.07, 6.45) is 14.7. The van der Waals surface area contributed by atoms with Crippen molar-refractivity contribution in [3.8, 4) is 0 Å². The van der Waals surface area contributed by atoms with Crippen LogP contribution in [0.15, 0.2) is 12.2 Å². The van der Waals surface area contributed by atoms with E-state index in [9.17, 15) is 4.79 Å². The van der Waals surface area contributed by atoms with Crippen LogP contribution in [0.1, 0.15) is 92.9 Å². The lowest BCUT2D eigenvalue weighted by molar-refractivity contribution is -0.168. The zero-order chi connectivity index (χ0) is 29.9. The Morgan fingerprint density at radius 1 is 0.900 bits per heavy atom. The molecule has 0 aromatic rings. The molecular weight excluding hydrogens is 529 g/mol. The van der Waals surface area contributed by atoms with E-state index in [0.29, 0.717) is 52.6 Å². The second-order valence-corrected chi connectivity index (χ2v) is 26.5. The Hall–Kier alpha value is -0.436. The Bertz CT molecular complexity index is 949. The van der Waals surface area contributed by atoms with Gasteiger partial charge in [-0.2, -0.15) is 0 Å². The molecule has 0 spiro atoms. The Balaban J connectivity index is 1.60. The molecule has 0 aromatic carbocycles. The van der Waals surface area contributed by atoms with E-state index in [1.54, 1.807) is 6.08 Å². The average Bonchev–Trinajstić information content (AvgIpc) is 3.18. The molecular formula is C34H62O4Si2. The van der Waals surface area contributed by atoms with Gasteiger partial charge in [0.05, 0.1) is 7.11 Å². The number of allylic oxidation sites excluding steroid dienone is 1. The van der Waals surface area contributed by atoms with Crippen LogP contribution in [0, 0.1) is 46.3 Å². The molecule has 0 aliphatic heterocycles. The molecule has 0 bridgehead atoms. The van der Waals surface area contributed by atoms with Crippen LogP contribution in [0.4, 0.5) is 0 Å². The largest absolute Gasteiger partial charge is 0.466 e. The fourth-order valence-corrected chi connectivity index (χ4v) is 12.3. The molecule has 0 saturated heterocycles. The number of rotatable bonds is 7. The van der Waals surface area contributed by atoms with Crippen LogP contribution < -0.4 is 0 Å². The van der Waals surface area contributed by atoms with E-state index in [1.165, 1.54) is 58.5 Å². The summed E-state index contributed by atoms with van der Waals surface area (Å²) in [5.74, 6) is 3.58. The Morgan fingerprint density at radius 2 is 1.52 bits per heavy atom. The summed E-state index contributed by atoms with van der Waals surface area (Å²) in [7, 11) is -2.02. The maximum Gasteiger partial charge on any atom is 0.330 e. The number of carbonyl (C=O) groups is 1. The van der Waals surface area contributed by atoms with Crippen LogP contribution in [0.25, 0.3) is 0 Å². The second-order valence-electron chi connectivity index (χ2n) is 17.2. The highest BCUT2D eigenvalue weighted by atomic mass is 28.4. The lowest BCUT2D eigenvalue weighted by Crippen LogP contribution is -2.60. The summed E-state index contributed by atoms with van der Waals surface area (Å²) >= 11 is 0. The predicted molar refractivity (Wildman–Crippen MR) is 171 cm³/mol. The van der Waals surface area contributed by atoms with Crippen molar-refractivity contribution in [2.24, 2.45) is 46.3 Å². The van der Waals surface area contributed by atoms with E-state index in [-0.39, 0.29) is 11.0 Å². The first-order valence-corrected chi connectivity index (χ1v) is 22.8. The van der Waals surface area contributed by atoms with Gasteiger partial charge < -0.3 is 13.6 Å². The monoisotopic (exact) mass is 590 g/mol. The zero-order valence-corrected chi connectivity index (χ0v) is 30.1. The number of methoxy groups -OCH3 is 1. The number of hydrogen-bond donors (Lipinski definition) is 0. The molecule has 0 aromatic heterocycles. The first kappa shape index (κ1) is 32.5. The standard InChI is InChI=1S/C34H62O4Si2/c1-23(13-16-30(35)36-7)26-14-15-27-31-28(18-20-34(26,27)6)33(5)19-17-25(37-40(11,12)32(2,3)4)21-24(33)22-29(31)38-39(8,9)10/h13,16,23-29,31H,14-15,17-22H2,1-12H3/b16-13+/t23-,24+,25?,26-,27+,28+,29?,31+,33+,34-/m1/s1. The number of ether oxygens (including phenoxy) is 1. The van der Waals surface area contributed by atoms with Gasteiger partial charge in [-0.25, -0.2) is 4.79 Å². The summed E-state index contributed by atoms with van der Waals surface area (Å²) in [6, 6.07) is 0. The van der Waals surface area contributed by atoms with E-state index in [2.05, 4.69) is 80.4 Å². The van der Waals surface area contributed by atoms with Crippen LogP contribution in [0.3, 0.4) is 0 Å². The summed E-state index contributed by atoms with van der Waals surface area (Å²) in [5, 5.41) is 0.255. The van der Waals surface area contributed by atoms with Gasteiger partial charge in [-0.3, -0.25) is 0 Å². The van der Waals surface area contributed by atoms with Gasteiger partial charge in [0.15, 0.2) is 16.6 Å². The van der Waals surface area contributed by atoms with E-state index >= 15 is 0 Å². The number of fused-ring (bicyclic) bond motifs is 5. The van der Waals surface area contributed by atoms with Gasteiger partial charge in [0.25, 0.3) is 0 Å². The number of carbonyl (C=O) groups excluding carboxylic acids is 1. The first-order chi connectivity index (χ1) is 18.3. The minimum Gasteiger partial charge on any atom is -0.466 e. The normalized spacial score (nSPS) is 41.2. The second kappa shape index (κ2) is 11.2. The van der Waals surface area contributed by atoms with E-state index in [4.69, 9.17) is 13.6 Å². The number of esters is 1. The maximum atomic E-state index is 11.8. The third kappa shape index (κ3) is 6.12. The summed E-state index contributed by atoms with van der Waals surface area (Å²) in [4.78, 5) is 11.8. The van der Waals surface area contributed by atoms with Crippen molar-refractivity contribution in [3.05, 3.63) is 12.2 Å². The molecule has 4 rings (SSSR count). The molecule has 4 aliphatic carbocycles. The van der Waals surface area contributed by atoms with Crippen LogP contribution >= 0.6 is 0 Å². The van der Waals surface area contributed by atoms with Crippen LogP contribution in [-0.4, -0.2) is 41.9 Å². The maximum absolute atomic E-state index is 11.8. The van der Waals surface area contributed by atoms with Crippen LogP contribution in [-0.2, 0) is 18.4 Å². The lowest BCUT2D eigenvalue weighted by atomic mass is 9.43. The minimum absolute atomic E-state index is 0.238. The van der Waals surface area contributed by atoms with Crippen molar-refractivity contribution >= 4 is 22.6 Å². The van der Waals surface area contributed by atoms with Crippen molar-refractivity contribution < 1.29 is 18.4 Å². The van der Waals surface area contributed by atoms with Crippen molar-refractivity contribution in [3.63, 3.8) is 0 Å². The molecule has 10 atom stereocenters. The van der Waals surface area contributed by atoms with Gasteiger partial charge in [0.2, 0.25) is 0 Å². The SMILES string of the molecule is COC(=O)/C=C/[C@@H](C)[C@H]1CC[C@H]2[C@@H]3C(O[Si](C)(C)C)C[C@@H]4CC(O[Si](C)(C)C(C)(C)C)CC[C@]4(C)[C@H]3CC[C@]12C. The van der Waals surface area contributed by atoms with Crippen LogP contribution in [0.5, 0.6) is 0 Å². The minimum atomic E-state index is -1.78. The average molecular weight is 591 g/mol. The molecule has 4 nitrogen and oxygen atoms in total. The summed E-state index contributed by atoms with van der Waals surface area (Å²) in [5.41, 5.74) is 0.709. The molecule has 4 aliphatic rings. The van der Waals surface area contributed by atoms with Crippen molar-refractivity contribution in [1.82, 2.24) is 0 Å². The zero-order valence-electron chi connectivity index (χ0n) is 28.1. The van der Waals surface area contributed by atoms with Gasteiger partial charge in [-0.1, -0.05) is 47.6 Å². The predicted octanol–water partition coefficient (Wildman–Crippen LogP) is 9.23. The fraction of sp³-hybridized carbons (Fsp3) is 0.912. The lowest BCUT2D eigenvalue weighted by Gasteiger charge is -2.64. The molecule has 0 N–H and O–H groups in total. The molecule has 0 amide bonds.